The maximum Gasteiger partial charge on any atom is 0.0722 e. The molecule has 0 saturated carbocycles. The van der Waals surface area contributed by atoms with Gasteiger partial charge in [-0.15, -0.1) is 0 Å². The molecule has 0 atom stereocenters. The summed E-state index contributed by atoms with van der Waals surface area (Å²) in [5.41, 5.74) is 3.53. The lowest BCUT2D eigenvalue weighted by molar-refractivity contribution is 0.709. The Morgan fingerprint density at radius 3 is 3.14 bits per heavy atom. The van der Waals surface area contributed by atoms with E-state index < -0.39 is 0 Å². The van der Waals surface area contributed by atoms with E-state index in [1.807, 2.05) is 24.4 Å². The first-order chi connectivity index (χ1) is 6.95. The van der Waals surface area contributed by atoms with Gasteiger partial charge in [0.2, 0.25) is 0 Å². The van der Waals surface area contributed by atoms with Gasteiger partial charge in [0, 0.05) is 23.7 Å². The highest BCUT2D eigenvalue weighted by Crippen LogP contribution is 2.26. The average Bonchev–Trinajstić information content (AvgIpc) is 2.29. The van der Waals surface area contributed by atoms with E-state index in [2.05, 4.69) is 21.7 Å². The van der Waals surface area contributed by atoms with E-state index >= 15 is 0 Å². The number of hydrogen-bond donors (Lipinski definition) is 2. The smallest absolute Gasteiger partial charge is 0.0722 e. The second kappa shape index (κ2) is 2.96. The Labute approximate surface area is 82.2 Å². The highest BCUT2D eigenvalue weighted by molar-refractivity contribution is 5.92. The molecule has 2 aromatic rings. The van der Waals surface area contributed by atoms with E-state index in [-0.39, 0.29) is 0 Å². The molecule has 1 aromatic heterocycles. The third-order valence-electron chi connectivity index (χ3n) is 2.56. The fraction of sp³-hybridized carbons (Fsp3) is 0.182. The van der Waals surface area contributed by atoms with Crippen molar-refractivity contribution in [3.05, 3.63) is 36.0 Å². The number of rotatable bonds is 0. The molecule has 3 heteroatoms. The van der Waals surface area contributed by atoms with Gasteiger partial charge in [-0.2, -0.15) is 0 Å². The Morgan fingerprint density at radius 2 is 2.14 bits per heavy atom. The lowest BCUT2D eigenvalue weighted by Crippen LogP contribution is -2.27. The molecule has 14 heavy (non-hydrogen) atoms. The van der Waals surface area contributed by atoms with Crippen LogP contribution in [0.1, 0.15) is 5.56 Å². The second-order valence-corrected chi connectivity index (χ2v) is 3.46. The molecule has 0 unspecified atom stereocenters. The summed E-state index contributed by atoms with van der Waals surface area (Å²) < 4.78 is 0. The van der Waals surface area contributed by atoms with Crippen molar-refractivity contribution in [2.24, 2.45) is 0 Å². The van der Waals surface area contributed by atoms with Crippen molar-refractivity contribution in [1.29, 1.82) is 0 Å². The Balaban J connectivity index is 2.34. The zero-order chi connectivity index (χ0) is 9.38. The summed E-state index contributed by atoms with van der Waals surface area (Å²) in [7, 11) is 0. The largest absolute Gasteiger partial charge is 0.372 e. The molecule has 1 aliphatic heterocycles. The Bertz CT molecular complexity index is 479. The monoisotopic (exact) mass is 185 g/mol. The van der Waals surface area contributed by atoms with Crippen LogP contribution in [0.5, 0.6) is 0 Å². The van der Waals surface area contributed by atoms with Crippen LogP contribution in [0.3, 0.4) is 0 Å². The molecule has 2 N–H and O–H groups in total. The number of benzene rings is 1. The molecule has 0 aliphatic carbocycles. The van der Waals surface area contributed by atoms with E-state index in [4.69, 9.17) is 0 Å². The number of aromatic nitrogens is 1. The number of para-hydroxylation sites is 1. The van der Waals surface area contributed by atoms with Crippen molar-refractivity contribution in [1.82, 2.24) is 10.3 Å². The molecule has 3 nitrogen and oxygen atoms in total. The molecule has 1 aromatic carbocycles. The zero-order valence-electron chi connectivity index (χ0n) is 7.75. The van der Waals surface area contributed by atoms with Gasteiger partial charge in [-0.05, 0) is 6.07 Å². The van der Waals surface area contributed by atoms with Crippen molar-refractivity contribution >= 4 is 16.6 Å². The van der Waals surface area contributed by atoms with E-state index in [1.54, 1.807) is 0 Å². The topological polar surface area (TPSA) is 37.0 Å². The van der Waals surface area contributed by atoms with Crippen LogP contribution in [0.4, 0.5) is 5.69 Å². The van der Waals surface area contributed by atoms with Crippen molar-refractivity contribution in [3.63, 3.8) is 0 Å². The predicted octanol–water partition coefficient (Wildman–Crippen LogP) is 1.71. The summed E-state index contributed by atoms with van der Waals surface area (Å²) in [6.45, 7) is 1.74. The molecule has 70 valence electrons. The molecule has 0 bridgehead atoms. The van der Waals surface area contributed by atoms with Crippen LogP contribution >= 0.6 is 0 Å². The molecule has 0 fully saturated rings. The van der Waals surface area contributed by atoms with E-state index in [1.165, 1.54) is 16.6 Å². The number of nitrogens with one attached hydrogen (secondary N) is 2. The number of hydrogen-bond acceptors (Lipinski definition) is 3. The molecule has 3 rings (SSSR count). The maximum absolute atomic E-state index is 4.41. The van der Waals surface area contributed by atoms with Gasteiger partial charge in [0.05, 0.1) is 17.9 Å². The van der Waals surface area contributed by atoms with Crippen molar-refractivity contribution in [2.75, 3.05) is 12.0 Å². The normalized spacial score (nSPS) is 14.9. The maximum atomic E-state index is 4.41. The molecule has 2 heterocycles. The van der Waals surface area contributed by atoms with Gasteiger partial charge in [-0.3, -0.25) is 10.3 Å². The summed E-state index contributed by atoms with van der Waals surface area (Å²) in [5, 5.41) is 7.82. The van der Waals surface area contributed by atoms with Crippen LogP contribution in [-0.2, 0) is 6.54 Å². The zero-order valence-corrected chi connectivity index (χ0v) is 7.75. The number of pyridine rings is 1. The van der Waals surface area contributed by atoms with Gasteiger partial charge in [0.1, 0.15) is 0 Å². The van der Waals surface area contributed by atoms with Crippen molar-refractivity contribution in [2.45, 2.75) is 6.54 Å². The lowest BCUT2D eigenvalue weighted by atomic mass is 10.1. The number of anilines is 1. The van der Waals surface area contributed by atoms with E-state index in [9.17, 15) is 0 Å². The summed E-state index contributed by atoms with van der Waals surface area (Å²) in [6, 6.07) is 8.22. The first-order valence-electron chi connectivity index (χ1n) is 4.76. The minimum absolute atomic E-state index is 0.834. The predicted molar refractivity (Wildman–Crippen MR) is 57.1 cm³/mol. The SMILES string of the molecule is c1ccc2c3c(cnc2c1)CNCN3. The molecule has 1 aliphatic rings. The first-order valence-corrected chi connectivity index (χ1v) is 4.76. The molecular weight excluding hydrogens is 174 g/mol. The van der Waals surface area contributed by atoms with Crippen molar-refractivity contribution < 1.29 is 0 Å². The highest BCUT2D eigenvalue weighted by Gasteiger charge is 2.10. The van der Waals surface area contributed by atoms with Crippen LogP contribution in [0.2, 0.25) is 0 Å². The second-order valence-electron chi connectivity index (χ2n) is 3.46. The molecule has 0 amide bonds. The Morgan fingerprint density at radius 1 is 1.21 bits per heavy atom. The van der Waals surface area contributed by atoms with Crippen LogP contribution in [0, 0.1) is 0 Å². The third-order valence-corrected chi connectivity index (χ3v) is 2.56. The third kappa shape index (κ3) is 1.06. The summed E-state index contributed by atoms with van der Waals surface area (Å²) in [4.78, 5) is 4.41. The Hall–Kier alpha value is -1.61. The van der Waals surface area contributed by atoms with Gasteiger partial charge < -0.3 is 5.32 Å². The fourth-order valence-corrected chi connectivity index (χ4v) is 1.87. The van der Waals surface area contributed by atoms with Crippen molar-refractivity contribution in [3.8, 4) is 0 Å². The molecule has 0 spiro atoms. The Kier molecular flexibility index (Phi) is 1.64. The summed E-state index contributed by atoms with van der Waals surface area (Å²) in [5.74, 6) is 0. The molecule has 0 radical (unpaired) electrons. The van der Waals surface area contributed by atoms with Crippen LogP contribution in [0.15, 0.2) is 30.5 Å². The van der Waals surface area contributed by atoms with Gasteiger partial charge >= 0.3 is 0 Å². The fourth-order valence-electron chi connectivity index (χ4n) is 1.87. The molecule has 0 saturated heterocycles. The number of nitrogens with zero attached hydrogens (tertiary/aromatic N) is 1. The first kappa shape index (κ1) is 7.76. The highest BCUT2D eigenvalue weighted by atomic mass is 15.1. The van der Waals surface area contributed by atoms with Gasteiger partial charge in [0.15, 0.2) is 0 Å². The van der Waals surface area contributed by atoms with Gasteiger partial charge in [-0.25, -0.2) is 0 Å². The van der Waals surface area contributed by atoms with Crippen LogP contribution < -0.4 is 10.6 Å². The van der Waals surface area contributed by atoms with Crippen LogP contribution in [-0.4, -0.2) is 11.7 Å². The standard InChI is InChI=1S/C11H11N3/c1-2-4-10-9(3-1)11-8(6-13-10)5-12-7-14-11/h1-4,6,12,14H,5,7H2. The molecular formula is C11H11N3. The minimum Gasteiger partial charge on any atom is -0.372 e. The van der Waals surface area contributed by atoms with E-state index in [0.717, 1.165) is 18.7 Å². The quantitative estimate of drug-likeness (QED) is 0.656. The number of fused-ring (bicyclic) bond motifs is 3. The lowest BCUT2D eigenvalue weighted by Gasteiger charge is -2.20. The van der Waals surface area contributed by atoms with E-state index in [0.29, 0.717) is 0 Å². The summed E-state index contributed by atoms with van der Waals surface area (Å²) >= 11 is 0. The average molecular weight is 185 g/mol. The van der Waals surface area contributed by atoms with Gasteiger partial charge in [0.25, 0.3) is 0 Å². The van der Waals surface area contributed by atoms with Gasteiger partial charge in [-0.1, -0.05) is 18.2 Å². The summed E-state index contributed by atoms with van der Waals surface area (Å²) in [6.07, 6.45) is 1.94. The van der Waals surface area contributed by atoms with Crippen LogP contribution in [0.25, 0.3) is 10.9 Å². The minimum atomic E-state index is 0.834.